The second-order valence-corrected chi connectivity index (χ2v) is 7.61. The van der Waals surface area contributed by atoms with Gasteiger partial charge in [0.15, 0.2) is 0 Å². The molecule has 1 aliphatic heterocycles. The minimum atomic E-state index is -0.212. The first-order valence-corrected chi connectivity index (χ1v) is 9.55. The Kier molecular flexibility index (Phi) is 6.04. The van der Waals surface area contributed by atoms with E-state index in [2.05, 4.69) is 0 Å². The smallest absolute Gasteiger partial charge is 0.235 e. The van der Waals surface area contributed by atoms with Crippen LogP contribution in [0.5, 0.6) is 5.75 Å². The van der Waals surface area contributed by atoms with Gasteiger partial charge in [-0.1, -0.05) is 12.1 Å². The maximum atomic E-state index is 13.9. The number of benzene rings is 2. The topological polar surface area (TPSA) is 32.8 Å². The minimum absolute atomic E-state index is 0.124. The molecule has 1 unspecified atom stereocenters. The molecular weight excluding hydrogens is 351 g/mol. The van der Waals surface area contributed by atoms with Crippen molar-refractivity contribution >= 4 is 23.4 Å². The molecule has 0 bridgehead atoms. The zero-order valence-corrected chi connectivity index (χ0v) is 15.8. The molecule has 2 aromatic rings. The highest BCUT2D eigenvalue weighted by Gasteiger charge is 2.26. The van der Waals surface area contributed by atoms with E-state index in [9.17, 15) is 9.18 Å². The lowest BCUT2D eigenvalue weighted by Crippen LogP contribution is -2.50. The Balaban J connectivity index is 1.55. The third-order valence-corrected chi connectivity index (χ3v) is 5.60. The van der Waals surface area contributed by atoms with Crippen LogP contribution in [0.2, 0.25) is 0 Å². The molecule has 26 heavy (non-hydrogen) atoms. The van der Waals surface area contributed by atoms with Crippen molar-refractivity contribution in [3.8, 4) is 5.75 Å². The number of hydrogen-bond acceptors (Lipinski definition) is 4. The van der Waals surface area contributed by atoms with Crippen molar-refractivity contribution in [3.05, 3.63) is 54.3 Å². The minimum Gasteiger partial charge on any atom is -0.497 e. The van der Waals surface area contributed by atoms with E-state index in [1.807, 2.05) is 47.1 Å². The second kappa shape index (κ2) is 8.45. The summed E-state index contributed by atoms with van der Waals surface area (Å²) >= 11 is 1.54. The normalized spacial score (nSPS) is 15.7. The van der Waals surface area contributed by atoms with Gasteiger partial charge in [0.25, 0.3) is 0 Å². The number of halogens is 1. The summed E-state index contributed by atoms with van der Waals surface area (Å²) in [5, 5.41) is -0.164. The van der Waals surface area contributed by atoms with Gasteiger partial charge in [-0.15, -0.1) is 11.8 Å². The largest absolute Gasteiger partial charge is 0.497 e. The lowest BCUT2D eigenvalue weighted by atomic mass is 10.2. The fraction of sp³-hybridized carbons (Fsp3) is 0.350. The Morgan fingerprint density at radius 1 is 1.08 bits per heavy atom. The Labute approximate surface area is 157 Å². The fourth-order valence-electron chi connectivity index (χ4n) is 3.04. The SMILES string of the molecule is COc1ccc(SC(C)C(=O)N2CCN(c3ccccc3F)CC2)cc1. The first-order valence-electron chi connectivity index (χ1n) is 8.67. The summed E-state index contributed by atoms with van der Waals surface area (Å²) in [7, 11) is 1.63. The van der Waals surface area contributed by atoms with Crippen LogP contribution < -0.4 is 9.64 Å². The molecule has 1 heterocycles. The van der Waals surface area contributed by atoms with Crippen LogP contribution in [0.15, 0.2) is 53.4 Å². The van der Waals surface area contributed by atoms with E-state index in [1.54, 1.807) is 31.0 Å². The van der Waals surface area contributed by atoms with E-state index in [1.165, 1.54) is 6.07 Å². The molecule has 0 aromatic heterocycles. The number of amides is 1. The predicted octanol–water partition coefficient (Wildman–Crippen LogP) is 3.66. The van der Waals surface area contributed by atoms with Crippen molar-refractivity contribution in [2.75, 3.05) is 38.2 Å². The molecule has 0 radical (unpaired) electrons. The molecule has 0 N–H and O–H groups in total. The number of anilines is 1. The average molecular weight is 374 g/mol. The summed E-state index contributed by atoms with van der Waals surface area (Å²) in [5.74, 6) is 0.715. The molecule has 0 spiro atoms. The first kappa shape index (κ1) is 18.6. The maximum absolute atomic E-state index is 13.9. The highest BCUT2D eigenvalue weighted by atomic mass is 32.2. The number of methoxy groups -OCH3 is 1. The van der Waals surface area contributed by atoms with Crippen molar-refractivity contribution in [2.45, 2.75) is 17.1 Å². The van der Waals surface area contributed by atoms with Crippen molar-refractivity contribution in [2.24, 2.45) is 0 Å². The molecule has 3 rings (SSSR count). The van der Waals surface area contributed by atoms with Crippen LogP contribution in [0.3, 0.4) is 0 Å². The number of hydrogen-bond donors (Lipinski definition) is 0. The Bertz CT molecular complexity index is 746. The summed E-state index contributed by atoms with van der Waals surface area (Å²) in [6.45, 7) is 4.45. The Hall–Kier alpha value is -2.21. The van der Waals surface area contributed by atoms with E-state index in [0.717, 1.165) is 10.6 Å². The molecule has 2 aromatic carbocycles. The van der Waals surface area contributed by atoms with Crippen molar-refractivity contribution in [1.29, 1.82) is 0 Å². The quantitative estimate of drug-likeness (QED) is 0.748. The summed E-state index contributed by atoms with van der Waals surface area (Å²) in [6.07, 6.45) is 0. The van der Waals surface area contributed by atoms with E-state index in [0.29, 0.717) is 31.9 Å². The number of carbonyl (C=O) groups is 1. The highest BCUT2D eigenvalue weighted by molar-refractivity contribution is 8.00. The lowest BCUT2D eigenvalue weighted by molar-refractivity contribution is -0.130. The van der Waals surface area contributed by atoms with Gasteiger partial charge >= 0.3 is 0 Å². The van der Waals surface area contributed by atoms with Gasteiger partial charge < -0.3 is 14.5 Å². The fourth-order valence-corrected chi connectivity index (χ4v) is 3.99. The van der Waals surface area contributed by atoms with E-state index in [-0.39, 0.29) is 17.0 Å². The van der Waals surface area contributed by atoms with Gasteiger partial charge in [-0.2, -0.15) is 0 Å². The van der Waals surface area contributed by atoms with Gasteiger partial charge in [-0.25, -0.2) is 4.39 Å². The Morgan fingerprint density at radius 3 is 2.35 bits per heavy atom. The second-order valence-electron chi connectivity index (χ2n) is 6.20. The van der Waals surface area contributed by atoms with E-state index >= 15 is 0 Å². The van der Waals surface area contributed by atoms with Crippen molar-refractivity contribution in [1.82, 2.24) is 4.90 Å². The Morgan fingerprint density at radius 2 is 1.73 bits per heavy atom. The van der Waals surface area contributed by atoms with Crippen LogP contribution in [0, 0.1) is 5.82 Å². The predicted molar refractivity (Wildman–Crippen MR) is 104 cm³/mol. The van der Waals surface area contributed by atoms with Crippen LogP contribution in [-0.4, -0.2) is 49.3 Å². The van der Waals surface area contributed by atoms with Gasteiger partial charge in [-0.3, -0.25) is 4.79 Å². The highest BCUT2D eigenvalue weighted by Crippen LogP contribution is 2.27. The molecule has 0 aliphatic carbocycles. The van der Waals surface area contributed by atoms with Gasteiger partial charge in [0.2, 0.25) is 5.91 Å². The zero-order chi connectivity index (χ0) is 18.5. The van der Waals surface area contributed by atoms with E-state index in [4.69, 9.17) is 4.74 Å². The molecule has 1 fully saturated rings. The van der Waals surface area contributed by atoms with Crippen LogP contribution in [-0.2, 0) is 4.79 Å². The number of piperazine rings is 1. The number of ether oxygens (including phenoxy) is 1. The molecule has 1 aliphatic rings. The molecule has 4 nitrogen and oxygen atoms in total. The van der Waals surface area contributed by atoms with Crippen molar-refractivity contribution in [3.63, 3.8) is 0 Å². The number of carbonyl (C=O) groups excluding carboxylic acids is 1. The van der Waals surface area contributed by atoms with Gasteiger partial charge in [-0.05, 0) is 43.3 Å². The number of nitrogens with zero attached hydrogens (tertiary/aromatic N) is 2. The standard InChI is InChI=1S/C20H23FN2O2S/c1-15(26-17-9-7-16(25-2)8-10-17)20(24)23-13-11-22(12-14-23)19-6-4-3-5-18(19)21/h3-10,15H,11-14H2,1-2H3. The van der Waals surface area contributed by atoms with Crippen LogP contribution in [0.25, 0.3) is 0 Å². The van der Waals surface area contributed by atoms with Gasteiger partial charge in [0, 0.05) is 31.1 Å². The molecule has 6 heteroatoms. The summed E-state index contributed by atoms with van der Waals surface area (Å²) in [6, 6.07) is 14.5. The monoisotopic (exact) mass is 374 g/mol. The number of para-hydroxylation sites is 1. The molecule has 1 saturated heterocycles. The molecule has 1 atom stereocenters. The molecular formula is C20H23FN2O2S. The van der Waals surface area contributed by atoms with Crippen LogP contribution in [0.1, 0.15) is 6.92 Å². The molecule has 0 saturated carbocycles. The first-order chi connectivity index (χ1) is 12.6. The maximum Gasteiger partial charge on any atom is 0.235 e. The third kappa shape index (κ3) is 4.30. The number of rotatable bonds is 5. The van der Waals surface area contributed by atoms with Crippen LogP contribution >= 0.6 is 11.8 Å². The number of thioether (sulfide) groups is 1. The lowest BCUT2D eigenvalue weighted by Gasteiger charge is -2.37. The third-order valence-electron chi connectivity index (χ3n) is 4.50. The summed E-state index contributed by atoms with van der Waals surface area (Å²) in [5.41, 5.74) is 0.611. The average Bonchev–Trinajstić information content (AvgIpc) is 2.68. The van der Waals surface area contributed by atoms with Crippen LogP contribution in [0.4, 0.5) is 10.1 Å². The van der Waals surface area contributed by atoms with Crippen molar-refractivity contribution < 1.29 is 13.9 Å². The van der Waals surface area contributed by atoms with Gasteiger partial charge in [0.05, 0.1) is 18.0 Å². The zero-order valence-electron chi connectivity index (χ0n) is 15.0. The summed E-state index contributed by atoms with van der Waals surface area (Å²) in [4.78, 5) is 17.6. The molecule has 1 amide bonds. The summed E-state index contributed by atoms with van der Waals surface area (Å²) < 4.78 is 19.1. The van der Waals surface area contributed by atoms with E-state index < -0.39 is 0 Å². The molecule has 138 valence electrons. The van der Waals surface area contributed by atoms with Gasteiger partial charge in [0.1, 0.15) is 11.6 Å².